The Morgan fingerprint density at radius 2 is 2.06 bits per heavy atom. The van der Waals surface area contributed by atoms with Crippen LogP contribution in [-0.2, 0) is 4.79 Å². The van der Waals surface area contributed by atoms with E-state index < -0.39 is 11.8 Å². The summed E-state index contributed by atoms with van der Waals surface area (Å²) < 4.78 is 0. The van der Waals surface area contributed by atoms with Gasteiger partial charge in [0.1, 0.15) is 0 Å². The number of primary amides is 1. The summed E-state index contributed by atoms with van der Waals surface area (Å²) >= 11 is 0. The van der Waals surface area contributed by atoms with Gasteiger partial charge in [-0.25, -0.2) is 5.84 Å². The maximum Gasteiger partial charge on any atom is 0.271 e. The molecule has 8 nitrogen and oxygen atoms in total. The number of amides is 2. The van der Waals surface area contributed by atoms with Crippen LogP contribution in [0.5, 0.6) is 0 Å². The summed E-state index contributed by atoms with van der Waals surface area (Å²) in [5.74, 6) is 4.54. The van der Waals surface area contributed by atoms with Crippen molar-refractivity contribution in [1.29, 1.82) is 0 Å². The number of hydrogen-bond acceptors (Lipinski definition) is 6. The maximum atomic E-state index is 11.4. The number of hydrogen-bond donors (Lipinski definition) is 4. The molecule has 8 heteroatoms. The lowest BCUT2D eigenvalue weighted by Gasteiger charge is -2.03. The van der Waals surface area contributed by atoms with Crippen LogP contribution in [0.25, 0.3) is 0 Å². The zero-order valence-corrected chi connectivity index (χ0v) is 8.43. The molecule has 86 valence electrons. The van der Waals surface area contributed by atoms with Gasteiger partial charge in [0.05, 0.1) is 0 Å². The molecule has 1 aromatic rings. The Kier molecular flexibility index (Phi) is 4.16. The van der Waals surface area contributed by atoms with Crippen LogP contribution in [0.1, 0.15) is 16.9 Å². The largest absolute Gasteiger partial charge is 0.370 e. The number of nitrogens with one attached hydrogen (secondary N) is 2. The quantitative estimate of drug-likeness (QED) is 0.350. The predicted molar refractivity (Wildman–Crippen MR) is 56.0 cm³/mol. The number of nitrogen functional groups attached to an aromatic ring is 1. The van der Waals surface area contributed by atoms with E-state index in [0.29, 0.717) is 5.82 Å². The zero-order valence-electron chi connectivity index (χ0n) is 8.43. The first-order valence-electron chi connectivity index (χ1n) is 4.50. The van der Waals surface area contributed by atoms with Crippen molar-refractivity contribution in [2.75, 3.05) is 12.0 Å². The van der Waals surface area contributed by atoms with E-state index >= 15 is 0 Å². The van der Waals surface area contributed by atoms with Crippen molar-refractivity contribution < 1.29 is 9.59 Å². The van der Waals surface area contributed by atoms with Gasteiger partial charge in [0.15, 0.2) is 11.5 Å². The molecule has 0 aliphatic heterocycles. The fourth-order valence-electron chi connectivity index (χ4n) is 0.920. The molecule has 6 N–H and O–H groups in total. The second-order valence-corrected chi connectivity index (χ2v) is 2.92. The van der Waals surface area contributed by atoms with Crippen molar-refractivity contribution in [1.82, 2.24) is 15.5 Å². The third-order valence-corrected chi connectivity index (χ3v) is 1.70. The molecule has 2 amide bonds. The molecular weight excluding hydrogens is 212 g/mol. The molecule has 1 rings (SSSR count). The molecule has 0 aliphatic rings. The van der Waals surface area contributed by atoms with Crippen molar-refractivity contribution in [3.05, 3.63) is 17.8 Å². The van der Waals surface area contributed by atoms with E-state index in [4.69, 9.17) is 11.6 Å². The van der Waals surface area contributed by atoms with Crippen molar-refractivity contribution in [2.24, 2.45) is 11.6 Å². The third-order valence-electron chi connectivity index (χ3n) is 1.70. The molecule has 0 bridgehead atoms. The fourth-order valence-corrected chi connectivity index (χ4v) is 0.920. The number of aromatic nitrogens is 2. The van der Waals surface area contributed by atoms with E-state index in [9.17, 15) is 9.59 Å². The van der Waals surface area contributed by atoms with Crippen LogP contribution in [0.15, 0.2) is 12.1 Å². The van der Waals surface area contributed by atoms with Crippen LogP contribution in [0, 0.1) is 0 Å². The highest BCUT2D eigenvalue weighted by molar-refractivity contribution is 5.92. The van der Waals surface area contributed by atoms with E-state index in [-0.39, 0.29) is 18.7 Å². The van der Waals surface area contributed by atoms with Crippen LogP contribution in [0.4, 0.5) is 5.82 Å². The van der Waals surface area contributed by atoms with Gasteiger partial charge in [0.25, 0.3) is 5.91 Å². The second kappa shape index (κ2) is 5.61. The minimum Gasteiger partial charge on any atom is -0.370 e. The second-order valence-electron chi connectivity index (χ2n) is 2.92. The molecule has 1 aromatic heterocycles. The maximum absolute atomic E-state index is 11.4. The van der Waals surface area contributed by atoms with E-state index in [1.807, 2.05) is 0 Å². The first-order valence-corrected chi connectivity index (χ1v) is 4.50. The third kappa shape index (κ3) is 3.50. The van der Waals surface area contributed by atoms with Gasteiger partial charge in [-0.1, -0.05) is 0 Å². The van der Waals surface area contributed by atoms with Gasteiger partial charge in [-0.15, -0.1) is 10.2 Å². The SMILES string of the molecule is NNc1ccc(C(=O)NCCC(N)=O)nn1. The Bertz CT molecular complexity index is 377. The van der Waals surface area contributed by atoms with Crippen LogP contribution in [0.2, 0.25) is 0 Å². The molecular formula is C8H12N6O2. The Labute approximate surface area is 91.4 Å². The first kappa shape index (κ1) is 11.9. The summed E-state index contributed by atoms with van der Waals surface area (Å²) in [5, 5.41) is 9.72. The van der Waals surface area contributed by atoms with Crippen LogP contribution < -0.4 is 22.3 Å². The normalized spacial score (nSPS) is 9.56. The predicted octanol–water partition coefficient (Wildman–Crippen LogP) is -1.63. The summed E-state index contributed by atoms with van der Waals surface area (Å²) in [4.78, 5) is 21.8. The lowest BCUT2D eigenvalue weighted by molar-refractivity contribution is -0.117. The monoisotopic (exact) mass is 224 g/mol. The molecule has 16 heavy (non-hydrogen) atoms. The van der Waals surface area contributed by atoms with E-state index in [1.165, 1.54) is 12.1 Å². The Morgan fingerprint density at radius 1 is 1.31 bits per heavy atom. The molecule has 0 saturated heterocycles. The summed E-state index contributed by atoms with van der Waals surface area (Å²) in [5.41, 5.74) is 7.34. The number of rotatable bonds is 5. The van der Waals surface area contributed by atoms with E-state index in [0.717, 1.165) is 0 Å². The van der Waals surface area contributed by atoms with Gasteiger partial charge < -0.3 is 16.5 Å². The van der Waals surface area contributed by atoms with Gasteiger partial charge in [0, 0.05) is 13.0 Å². The molecule has 0 unspecified atom stereocenters. The minimum atomic E-state index is -0.478. The lowest BCUT2D eigenvalue weighted by Crippen LogP contribution is -2.28. The van der Waals surface area contributed by atoms with Crippen molar-refractivity contribution in [3.8, 4) is 0 Å². The van der Waals surface area contributed by atoms with Crippen LogP contribution in [0.3, 0.4) is 0 Å². The highest BCUT2D eigenvalue weighted by Crippen LogP contribution is 1.99. The topological polar surface area (TPSA) is 136 Å². The summed E-state index contributed by atoms with van der Waals surface area (Å²) in [6, 6.07) is 2.97. The standard InChI is InChI=1S/C8H12N6O2/c9-6(15)3-4-11-8(16)5-1-2-7(12-10)14-13-5/h1-2H,3-4,10H2,(H2,9,15)(H,11,16)(H,12,14). The highest BCUT2D eigenvalue weighted by atomic mass is 16.2. The number of nitrogens with two attached hydrogens (primary N) is 2. The first-order chi connectivity index (χ1) is 7.63. The van der Waals surface area contributed by atoms with Crippen molar-refractivity contribution >= 4 is 17.6 Å². The molecule has 0 aromatic carbocycles. The van der Waals surface area contributed by atoms with Gasteiger partial charge in [-0.3, -0.25) is 9.59 Å². The van der Waals surface area contributed by atoms with Gasteiger partial charge in [-0.05, 0) is 12.1 Å². The molecule has 0 saturated carbocycles. The van der Waals surface area contributed by atoms with Crippen LogP contribution in [-0.4, -0.2) is 28.6 Å². The molecule has 0 atom stereocenters. The van der Waals surface area contributed by atoms with Crippen molar-refractivity contribution in [2.45, 2.75) is 6.42 Å². The number of carbonyl (C=O) groups is 2. The van der Waals surface area contributed by atoms with E-state index in [1.54, 1.807) is 0 Å². The van der Waals surface area contributed by atoms with Crippen molar-refractivity contribution in [3.63, 3.8) is 0 Å². The Balaban J connectivity index is 2.49. The lowest BCUT2D eigenvalue weighted by atomic mass is 10.3. The highest BCUT2D eigenvalue weighted by Gasteiger charge is 2.07. The van der Waals surface area contributed by atoms with E-state index in [2.05, 4.69) is 20.9 Å². The average Bonchev–Trinajstić information content (AvgIpc) is 2.28. The smallest absolute Gasteiger partial charge is 0.271 e. The number of hydrazine groups is 1. The molecule has 0 radical (unpaired) electrons. The van der Waals surface area contributed by atoms with Crippen LogP contribution >= 0.6 is 0 Å². The van der Waals surface area contributed by atoms with Gasteiger partial charge in [-0.2, -0.15) is 0 Å². The minimum absolute atomic E-state index is 0.0849. The molecule has 0 aliphatic carbocycles. The van der Waals surface area contributed by atoms with Gasteiger partial charge in [0.2, 0.25) is 5.91 Å². The summed E-state index contributed by atoms with van der Waals surface area (Å²) in [6.07, 6.45) is 0.0849. The zero-order chi connectivity index (χ0) is 12.0. The molecule has 0 spiro atoms. The number of nitrogens with zero attached hydrogens (tertiary/aromatic N) is 2. The number of anilines is 1. The summed E-state index contributed by atoms with van der Waals surface area (Å²) in [6.45, 7) is 0.173. The Morgan fingerprint density at radius 3 is 2.56 bits per heavy atom. The summed E-state index contributed by atoms with van der Waals surface area (Å²) in [7, 11) is 0. The Hall–Kier alpha value is -2.22. The number of carbonyl (C=O) groups excluding carboxylic acids is 2. The molecule has 0 fully saturated rings. The average molecular weight is 224 g/mol. The molecule has 1 heterocycles. The van der Waals surface area contributed by atoms with Gasteiger partial charge >= 0.3 is 0 Å². The fraction of sp³-hybridized carbons (Fsp3) is 0.250.